The first-order chi connectivity index (χ1) is 20.2. The van der Waals surface area contributed by atoms with Crippen molar-refractivity contribution in [2.24, 2.45) is 5.92 Å². The molecule has 226 valence electrons. The Balaban J connectivity index is 1.63. The lowest BCUT2D eigenvalue weighted by atomic mass is 9.75. The molecule has 3 N–H and O–H groups in total. The molecule has 1 amide bonds. The van der Waals surface area contributed by atoms with E-state index in [1.165, 1.54) is 22.9 Å². The average Bonchev–Trinajstić information content (AvgIpc) is 3.36. The molecule has 3 aromatic carbocycles. The number of amides is 1. The van der Waals surface area contributed by atoms with E-state index in [4.69, 9.17) is 4.18 Å². The summed E-state index contributed by atoms with van der Waals surface area (Å²) in [6, 6.07) is 19.8. The minimum absolute atomic E-state index is 0.0928. The van der Waals surface area contributed by atoms with Crippen LogP contribution in [0.25, 0.3) is 22.5 Å². The normalized spacial score (nSPS) is 12.7. The van der Waals surface area contributed by atoms with E-state index in [1.54, 1.807) is 24.3 Å². The van der Waals surface area contributed by atoms with Crippen molar-refractivity contribution in [1.29, 1.82) is 0 Å². The number of nitrogens with one attached hydrogen (secondary N) is 1. The summed E-state index contributed by atoms with van der Waals surface area (Å²) in [5.74, 6) is -1.45. The van der Waals surface area contributed by atoms with Crippen molar-refractivity contribution in [3.63, 3.8) is 0 Å². The summed E-state index contributed by atoms with van der Waals surface area (Å²) < 4.78 is 71.6. The van der Waals surface area contributed by atoms with Gasteiger partial charge in [0.2, 0.25) is 5.91 Å². The molecular weight excluding hydrogens is 586 g/mol. The van der Waals surface area contributed by atoms with E-state index in [0.717, 1.165) is 23.8 Å². The van der Waals surface area contributed by atoms with Crippen LogP contribution in [0, 0.1) is 5.92 Å². The molecule has 1 aromatic heterocycles. The summed E-state index contributed by atoms with van der Waals surface area (Å²) in [6.45, 7) is 3.51. The van der Waals surface area contributed by atoms with Crippen LogP contribution in [-0.4, -0.2) is 47.2 Å². The smallest absolute Gasteiger partial charge is 0.426 e. The molecule has 0 radical (unpaired) electrons. The number of benzene rings is 3. The highest BCUT2D eigenvalue weighted by Gasteiger charge is 2.32. The maximum Gasteiger partial charge on any atom is 0.475 e. The number of hydrogen-bond donors (Lipinski definition) is 3. The van der Waals surface area contributed by atoms with Crippen LogP contribution in [0.5, 0.6) is 5.75 Å². The van der Waals surface area contributed by atoms with E-state index >= 15 is 0 Å². The highest BCUT2D eigenvalue weighted by atomic mass is 32.2. The Hall–Kier alpha value is -4.14. The molecule has 0 spiro atoms. The molecule has 0 saturated heterocycles. The van der Waals surface area contributed by atoms with Crippen LogP contribution in [0.15, 0.2) is 89.8 Å². The largest absolute Gasteiger partial charge is 0.475 e. The van der Waals surface area contributed by atoms with Crippen LogP contribution >= 0.6 is 0 Å². The van der Waals surface area contributed by atoms with E-state index in [-0.39, 0.29) is 18.2 Å². The fraction of sp³-hybridized carbons (Fsp3) is 0.241. The molecule has 4 rings (SSSR count). The van der Waals surface area contributed by atoms with Gasteiger partial charge in [0.05, 0.1) is 22.9 Å². The molecule has 0 unspecified atom stereocenters. The second-order valence-electron chi connectivity index (χ2n) is 10.2. The highest BCUT2D eigenvalue weighted by molar-refractivity contribution is 7.87. The first-order valence-electron chi connectivity index (χ1n) is 13.2. The van der Waals surface area contributed by atoms with E-state index in [1.807, 2.05) is 32.0 Å². The number of aromatic nitrogens is 2. The zero-order chi connectivity index (χ0) is 31.4. The van der Waals surface area contributed by atoms with Crippen LogP contribution < -0.4 is 9.50 Å². The van der Waals surface area contributed by atoms with E-state index < -0.39 is 45.7 Å². The SMILES string of the molecule is CC(C)C[C@H](NC(=O)Cn1nc(-c2cccc(OS(=O)(=O)c3cccc(C(F)(F)F)c3)c2)cc1-c1ccccc1)B(O)O. The Labute approximate surface area is 247 Å². The number of nitrogens with zero attached hydrogens (tertiary/aromatic N) is 2. The highest BCUT2D eigenvalue weighted by Crippen LogP contribution is 2.32. The number of halogens is 3. The minimum atomic E-state index is -4.73. The molecule has 0 aliphatic carbocycles. The Kier molecular flexibility index (Phi) is 9.63. The fourth-order valence-electron chi connectivity index (χ4n) is 4.38. The third-order valence-electron chi connectivity index (χ3n) is 6.36. The Morgan fingerprint density at radius 1 is 0.977 bits per heavy atom. The average molecular weight is 615 g/mol. The van der Waals surface area contributed by atoms with Crippen molar-refractivity contribution in [2.45, 2.75) is 43.8 Å². The maximum absolute atomic E-state index is 13.1. The van der Waals surface area contributed by atoms with Crippen molar-refractivity contribution in [3.8, 4) is 28.3 Å². The molecular formula is C29H29BF3N3O6S. The zero-order valence-corrected chi connectivity index (χ0v) is 24.0. The van der Waals surface area contributed by atoms with Gasteiger partial charge in [0, 0.05) is 5.56 Å². The van der Waals surface area contributed by atoms with Gasteiger partial charge in [0.25, 0.3) is 0 Å². The van der Waals surface area contributed by atoms with E-state index in [2.05, 4.69) is 10.4 Å². The number of rotatable bonds is 11. The molecule has 14 heteroatoms. The van der Waals surface area contributed by atoms with Crippen LogP contribution in [0.4, 0.5) is 13.2 Å². The number of carbonyl (C=O) groups excluding carboxylic acids is 1. The number of alkyl halides is 3. The minimum Gasteiger partial charge on any atom is -0.426 e. The van der Waals surface area contributed by atoms with Crippen LogP contribution in [0.3, 0.4) is 0 Å². The molecule has 9 nitrogen and oxygen atoms in total. The molecule has 0 saturated carbocycles. The Morgan fingerprint density at radius 3 is 2.30 bits per heavy atom. The zero-order valence-electron chi connectivity index (χ0n) is 23.2. The van der Waals surface area contributed by atoms with Crippen molar-refractivity contribution in [2.75, 3.05) is 0 Å². The first kappa shape index (κ1) is 31.8. The number of carbonyl (C=O) groups is 1. The van der Waals surface area contributed by atoms with E-state index in [9.17, 15) is 36.4 Å². The third kappa shape index (κ3) is 8.24. The summed E-state index contributed by atoms with van der Waals surface area (Å²) in [6.07, 6.45) is -4.39. The van der Waals surface area contributed by atoms with Gasteiger partial charge < -0.3 is 19.5 Å². The third-order valence-corrected chi connectivity index (χ3v) is 7.60. The van der Waals surface area contributed by atoms with Gasteiger partial charge >= 0.3 is 23.4 Å². The number of hydrogen-bond acceptors (Lipinski definition) is 7. The summed E-state index contributed by atoms with van der Waals surface area (Å²) in [5.41, 5.74) is 0.928. The molecule has 1 heterocycles. The van der Waals surface area contributed by atoms with Gasteiger partial charge in [-0.3, -0.25) is 9.48 Å². The predicted octanol–water partition coefficient (Wildman–Crippen LogP) is 4.55. The Morgan fingerprint density at radius 2 is 1.65 bits per heavy atom. The van der Waals surface area contributed by atoms with Gasteiger partial charge in [0.15, 0.2) is 0 Å². The van der Waals surface area contributed by atoms with Gasteiger partial charge in [0.1, 0.15) is 17.2 Å². The van der Waals surface area contributed by atoms with E-state index in [0.29, 0.717) is 29.4 Å². The second kappa shape index (κ2) is 13.0. The summed E-state index contributed by atoms with van der Waals surface area (Å²) in [5, 5.41) is 26.6. The molecule has 0 bridgehead atoms. The fourth-order valence-corrected chi connectivity index (χ4v) is 5.35. The molecule has 4 aromatic rings. The lowest BCUT2D eigenvalue weighted by molar-refractivity contribution is -0.137. The van der Waals surface area contributed by atoms with Gasteiger partial charge in [-0.2, -0.15) is 26.7 Å². The lowest BCUT2D eigenvalue weighted by Gasteiger charge is -2.20. The molecule has 0 aliphatic heterocycles. The quantitative estimate of drug-likeness (QED) is 0.167. The maximum atomic E-state index is 13.1. The second-order valence-corrected chi connectivity index (χ2v) is 11.8. The van der Waals surface area contributed by atoms with Gasteiger partial charge in [-0.05, 0) is 54.3 Å². The predicted molar refractivity (Wildman–Crippen MR) is 154 cm³/mol. The van der Waals surface area contributed by atoms with Crippen molar-refractivity contribution in [1.82, 2.24) is 15.1 Å². The van der Waals surface area contributed by atoms with Crippen LogP contribution in [-0.2, 0) is 27.6 Å². The topological polar surface area (TPSA) is 131 Å². The molecule has 0 fully saturated rings. The van der Waals surface area contributed by atoms with Gasteiger partial charge in [-0.1, -0.05) is 62.4 Å². The van der Waals surface area contributed by atoms with Gasteiger partial charge in [-0.25, -0.2) is 0 Å². The van der Waals surface area contributed by atoms with Gasteiger partial charge in [-0.15, -0.1) is 0 Å². The lowest BCUT2D eigenvalue weighted by Crippen LogP contribution is -2.48. The molecule has 0 aliphatic rings. The van der Waals surface area contributed by atoms with Crippen LogP contribution in [0.1, 0.15) is 25.8 Å². The van der Waals surface area contributed by atoms with Crippen molar-refractivity contribution < 1.29 is 40.6 Å². The molecule has 1 atom stereocenters. The first-order valence-corrected chi connectivity index (χ1v) is 14.6. The Bertz CT molecular complexity index is 1680. The monoisotopic (exact) mass is 615 g/mol. The van der Waals surface area contributed by atoms with Crippen molar-refractivity contribution >= 4 is 23.1 Å². The van der Waals surface area contributed by atoms with Crippen LogP contribution in [0.2, 0.25) is 0 Å². The summed E-state index contributed by atoms with van der Waals surface area (Å²) >= 11 is 0. The standard InChI is InChI=1S/C29H29BF3N3O6S/c1-19(2)14-27(30(38)39)34-28(37)18-36-26(20-8-4-3-5-9-20)17-25(35-36)21-10-6-12-23(15-21)42-43(40,41)24-13-7-11-22(16-24)29(31,32)33/h3-13,15-17,19,27,38-39H,14,18H2,1-2H3,(H,34,37)/t27-/m0/s1. The summed E-state index contributed by atoms with van der Waals surface area (Å²) in [7, 11) is -6.35. The molecule has 43 heavy (non-hydrogen) atoms. The van der Waals surface area contributed by atoms with Crippen molar-refractivity contribution in [3.05, 3.63) is 90.5 Å². The summed E-state index contributed by atoms with van der Waals surface area (Å²) in [4.78, 5) is 12.3.